The van der Waals surface area contributed by atoms with E-state index >= 15 is 0 Å². The molecule has 2 fully saturated rings. The van der Waals surface area contributed by atoms with Crippen LogP contribution in [-0.2, 0) is 0 Å². The number of nitrogens with zero attached hydrogens (tertiary/aromatic N) is 1. The summed E-state index contributed by atoms with van der Waals surface area (Å²) in [4.78, 5) is 17.5. The number of benzene rings is 1. The van der Waals surface area contributed by atoms with Gasteiger partial charge in [-0.1, -0.05) is 18.2 Å². The maximum atomic E-state index is 12.8. The smallest absolute Gasteiger partial charge is 0.252 e. The van der Waals surface area contributed by atoms with Crippen LogP contribution >= 0.6 is 0 Å². The first-order valence-electron chi connectivity index (χ1n) is 8.17. The zero-order valence-corrected chi connectivity index (χ0v) is 12.6. The lowest BCUT2D eigenvalue weighted by Crippen LogP contribution is -2.41. The maximum absolute atomic E-state index is 12.8. The lowest BCUT2D eigenvalue weighted by atomic mass is 10.0. The van der Waals surface area contributed by atoms with Crippen molar-refractivity contribution >= 4 is 16.8 Å². The molecule has 1 heterocycles. The van der Waals surface area contributed by atoms with E-state index in [9.17, 15) is 4.79 Å². The Bertz CT molecular complexity index is 719. The number of nitrogens with two attached hydrogens (primary N) is 1. The number of carbonyl (C=O) groups excluding carboxylic acids is 1. The fourth-order valence-electron chi connectivity index (χ4n) is 3.09. The van der Waals surface area contributed by atoms with Crippen LogP contribution in [0.4, 0.5) is 0 Å². The predicted molar refractivity (Wildman–Crippen MR) is 86.8 cm³/mol. The van der Waals surface area contributed by atoms with Crippen LogP contribution in [-0.4, -0.2) is 23.5 Å². The molecule has 0 spiro atoms. The molecule has 2 saturated carbocycles. The summed E-state index contributed by atoms with van der Waals surface area (Å²) in [6, 6.07) is 9.97. The average molecular weight is 295 g/mol. The Morgan fingerprint density at radius 1 is 1.27 bits per heavy atom. The van der Waals surface area contributed by atoms with Gasteiger partial charge in [0.05, 0.1) is 11.1 Å². The highest BCUT2D eigenvalue weighted by Gasteiger charge is 2.32. The van der Waals surface area contributed by atoms with Crippen molar-refractivity contribution in [1.82, 2.24) is 10.3 Å². The van der Waals surface area contributed by atoms with Crippen molar-refractivity contribution < 1.29 is 4.79 Å². The molecule has 1 aromatic carbocycles. The van der Waals surface area contributed by atoms with Crippen LogP contribution in [0, 0.1) is 5.92 Å². The van der Waals surface area contributed by atoms with Gasteiger partial charge in [0.25, 0.3) is 5.91 Å². The summed E-state index contributed by atoms with van der Waals surface area (Å²) >= 11 is 0. The highest BCUT2D eigenvalue weighted by molar-refractivity contribution is 6.06. The SMILES string of the molecule is NCC(NC(=O)c1cc(C2CC2)nc2ccccc12)C1CC1. The molecule has 2 aromatic rings. The highest BCUT2D eigenvalue weighted by atomic mass is 16.1. The van der Waals surface area contributed by atoms with Gasteiger partial charge >= 0.3 is 0 Å². The van der Waals surface area contributed by atoms with Crippen LogP contribution in [0.15, 0.2) is 30.3 Å². The quantitative estimate of drug-likeness (QED) is 0.891. The van der Waals surface area contributed by atoms with E-state index in [-0.39, 0.29) is 11.9 Å². The van der Waals surface area contributed by atoms with Gasteiger partial charge in [0.2, 0.25) is 0 Å². The molecule has 0 aliphatic heterocycles. The number of hydrogen-bond acceptors (Lipinski definition) is 3. The van der Waals surface area contributed by atoms with Crippen molar-refractivity contribution in [3.63, 3.8) is 0 Å². The van der Waals surface area contributed by atoms with E-state index in [0.29, 0.717) is 18.4 Å². The molecule has 1 atom stereocenters. The summed E-state index contributed by atoms with van der Waals surface area (Å²) in [5.41, 5.74) is 8.52. The minimum absolute atomic E-state index is 0.0112. The number of nitrogens with one attached hydrogen (secondary N) is 1. The molecule has 114 valence electrons. The number of aromatic nitrogens is 1. The molecule has 1 aromatic heterocycles. The molecule has 4 rings (SSSR count). The van der Waals surface area contributed by atoms with Crippen molar-refractivity contribution in [2.45, 2.75) is 37.6 Å². The number of fused-ring (bicyclic) bond motifs is 1. The number of pyridine rings is 1. The molecule has 0 saturated heterocycles. The van der Waals surface area contributed by atoms with E-state index in [2.05, 4.69) is 5.32 Å². The average Bonchev–Trinajstić information content (AvgIpc) is 3.42. The third-order valence-corrected chi connectivity index (χ3v) is 4.74. The molecule has 2 aliphatic rings. The second-order valence-corrected chi connectivity index (χ2v) is 6.54. The van der Waals surface area contributed by atoms with Gasteiger partial charge in [-0.2, -0.15) is 0 Å². The van der Waals surface area contributed by atoms with Gasteiger partial charge in [-0.3, -0.25) is 9.78 Å². The first-order chi connectivity index (χ1) is 10.8. The lowest BCUT2D eigenvalue weighted by Gasteiger charge is -2.17. The van der Waals surface area contributed by atoms with Gasteiger partial charge in [0.15, 0.2) is 0 Å². The van der Waals surface area contributed by atoms with E-state index < -0.39 is 0 Å². The lowest BCUT2D eigenvalue weighted by molar-refractivity contribution is 0.0935. The standard InChI is InChI=1S/C18H21N3O/c19-10-17(12-7-8-12)21-18(22)14-9-16(11-5-6-11)20-15-4-2-1-3-13(14)15/h1-4,9,11-12,17H,5-8,10,19H2,(H,21,22). The first kappa shape index (κ1) is 13.7. The number of carbonyl (C=O) groups is 1. The normalized spacial score (nSPS) is 19.1. The van der Waals surface area contributed by atoms with Crippen LogP contribution in [0.2, 0.25) is 0 Å². The third kappa shape index (κ3) is 2.59. The molecule has 1 unspecified atom stereocenters. The summed E-state index contributed by atoms with van der Waals surface area (Å²) < 4.78 is 0. The Morgan fingerprint density at radius 3 is 2.73 bits per heavy atom. The van der Waals surface area contributed by atoms with Crippen molar-refractivity contribution in [2.75, 3.05) is 6.54 Å². The second kappa shape index (κ2) is 5.36. The van der Waals surface area contributed by atoms with Gasteiger partial charge in [0, 0.05) is 29.6 Å². The maximum Gasteiger partial charge on any atom is 0.252 e. The Kier molecular flexibility index (Phi) is 3.34. The Balaban J connectivity index is 1.70. The summed E-state index contributed by atoms with van der Waals surface area (Å²) in [7, 11) is 0. The van der Waals surface area contributed by atoms with E-state index in [4.69, 9.17) is 10.7 Å². The molecule has 1 amide bonds. The Labute approximate surface area is 130 Å². The van der Waals surface area contributed by atoms with Crippen LogP contribution in [0.1, 0.15) is 47.7 Å². The van der Waals surface area contributed by atoms with Gasteiger partial charge in [-0.25, -0.2) is 0 Å². The zero-order chi connectivity index (χ0) is 15.1. The van der Waals surface area contributed by atoms with Gasteiger partial charge < -0.3 is 11.1 Å². The fraction of sp³-hybridized carbons (Fsp3) is 0.444. The molecule has 3 N–H and O–H groups in total. The number of amides is 1. The minimum atomic E-state index is -0.0112. The van der Waals surface area contributed by atoms with Crippen molar-refractivity contribution in [3.8, 4) is 0 Å². The zero-order valence-electron chi connectivity index (χ0n) is 12.6. The first-order valence-corrected chi connectivity index (χ1v) is 8.17. The monoisotopic (exact) mass is 295 g/mol. The van der Waals surface area contributed by atoms with Crippen LogP contribution in [0.25, 0.3) is 10.9 Å². The van der Waals surface area contributed by atoms with Crippen molar-refractivity contribution in [1.29, 1.82) is 0 Å². The minimum Gasteiger partial charge on any atom is -0.348 e. The third-order valence-electron chi connectivity index (χ3n) is 4.74. The Morgan fingerprint density at radius 2 is 2.05 bits per heavy atom. The molecule has 22 heavy (non-hydrogen) atoms. The van der Waals surface area contributed by atoms with Crippen LogP contribution in [0.5, 0.6) is 0 Å². The molecule has 4 heteroatoms. The van der Waals surface area contributed by atoms with Crippen LogP contribution < -0.4 is 11.1 Å². The summed E-state index contributed by atoms with van der Waals surface area (Å²) in [6.45, 7) is 0.509. The topological polar surface area (TPSA) is 68.0 Å². The predicted octanol–water partition coefficient (Wildman–Crippen LogP) is 2.58. The van der Waals surface area contributed by atoms with Gasteiger partial charge in [-0.05, 0) is 43.7 Å². The Hall–Kier alpha value is -1.94. The van der Waals surface area contributed by atoms with E-state index in [1.54, 1.807) is 0 Å². The van der Waals surface area contributed by atoms with Gasteiger partial charge in [-0.15, -0.1) is 0 Å². The molecule has 2 aliphatic carbocycles. The number of rotatable bonds is 5. The molecule has 0 bridgehead atoms. The van der Waals surface area contributed by atoms with Gasteiger partial charge in [0.1, 0.15) is 0 Å². The van der Waals surface area contributed by atoms with Crippen LogP contribution in [0.3, 0.4) is 0 Å². The van der Waals surface area contributed by atoms with Crippen molar-refractivity contribution in [2.24, 2.45) is 11.7 Å². The number of hydrogen-bond donors (Lipinski definition) is 2. The van der Waals surface area contributed by atoms with E-state index in [1.165, 1.54) is 25.7 Å². The molecule has 4 nitrogen and oxygen atoms in total. The fourth-order valence-corrected chi connectivity index (χ4v) is 3.09. The van der Waals surface area contributed by atoms with E-state index in [0.717, 1.165) is 22.2 Å². The van der Waals surface area contributed by atoms with Crippen molar-refractivity contribution in [3.05, 3.63) is 41.6 Å². The molecular weight excluding hydrogens is 274 g/mol. The molecular formula is C18H21N3O. The summed E-state index contributed by atoms with van der Waals surface area (Å²) in [6.07, 6.45) is 4.71. The largest absolute Gasteiger partial charge is 0.348 e. The molecule has 0 radical (unpaired) electrons. The number of para-hydroxylation sites is 1. The summed E-state index contributed by atoms with van der Waals surface area (Å²) in [5, 5.41) is 4.06. The second-order valence-electron chi connectivity index (χ2n) is 6.54. The van der Waals surface area contributed by atoms with E-state index in [1.807, 2.05) is 30.3 Å². The highest BCUT2D eigenvalue weighted by Crippen LogP contribution is 2.40. The summed E-state index contributed by atoms with van der Waals surface area (Å²) in [5.74, 6) is 1.08.